The number of nitrogens with zero attached hydrogens (tertiary/aromatic N) is 4. The number of halogens is 3. The molecular formula is C29H25ClF2N4O3S. The molecule has 0 aliphatic carbocycles. The number of benzene rings is 3. The summed E-state index contributed by atoms with van der Waals surface area (Å²) in [7, 11) is -4.18. The molecule has 0 atom stereocenters. The molecule has 1 aliphatic heterocycles. The van der Waals surface area contributed by atoms with E-state index in [2.05, 4.69) is 4.98 Å². The number of anilines is 2. The van der Waals surface area contributed by atoms with Crippen LogP contribution in [0.25, 0.3) is 0 Å². The Labute approximate surface area is 236 Å². The lowest BCUT2D eigenvalue weighted by Gasteiger charge is -2.36. The molecule has 1 aliphatic rings. The van der Waals surface area contributed by atoms with E-state index in [1.54, 1.807) is 41.3 Å². The third-order valence-corrected chi connectivity index (χ3v) is 8.61. The summed E-state index contributed by atoms with van der Waals surface area (Å²) in [4.78, 5) is 21.4. The Morgan fingerprint density at radius 1 is 0.850 bits per heavy atom. The van der Waals surface area contributed by atoms with Crippen LogP contribution in [0.1, 0.15) is 16.1 Å². The van der Waals surface area contributed by atoms with Crippen LogP contribution in [0.5, 0.6) is 0 Å². The fraction of sp³-hybridized carbons (Fsp3) is 0.172. The molecule has 40 heavy (non-hydrogen) atoms. The number of piperazine rings is 1. The first-order chi connectivity index (χ1) is 19.2. The van der Waals surface area contributed by atoms with Gasteiger partial charge in [-0.1, -0.05) is 35.9 Å². The number of pyridine rings is 1. The van der Waals surface area contributed by atoms with Crippen LogP contribution in [0.2, 0.25) is 5.02 Å². The lowest BCUT2D eigenvalue weighted by molar-refractivity contribution is 0.0741. The van der Waals surface area contributed by atoms with E-state index >= 15 is 0 Å². The second-order valence-electron chi connectivity index (χ2n) is 9.23. The van der Waals surface area contributed by atoms with Gasteiger partial charge in [-0.2, -0.15) is 0 Å². The topological polar surface area (TPSA) is 73.8 Å². The van der Waals surface area contributed by atoms with Crippen molar-refractivity contribution in [1.82, 2.24) is 9.88 Å². The second-order valence-corrected chi connectivity index (χ2v) is 11.5. The Morgan fingerprint density at radius 2 is 1.52 bits per heavy atom. The van der Waals surface area contributed by atoms with Crippen molar-refractivity contribution < 1.29 is 22.0 Å². The van der Waals surface area contributed by atoms with Gasteiger partial charge in [-0.05, 0) is 72.3 Å². The van der Waals surface area contributed by atoms with Crippen LogP contribution in [-0.4, -0.2) is 50.4 Å². The molecular weight excluding hydrogens is 558 g/mol. The van der Waals surface area contributed by atoms with Gasteiger partial charge in [-0.25, -0.2) is 26.5 Å². The number of carbonyl (C=O) groups is 1. The van der Waals surface area contributed by atoms with E-state index in [4.69, 9.17) is 11.6 Å². The summed E-state index contributed by atoms with van der Waals surface area (Å²) >= 11 is 6.00. The highest BCUT2D eigenvalue weighted by Crippen LogP contribution is 2.26. The SMILES string of the molecule is O=C(c1cccc(N(Cc2ccc(Cl)cc2)S(=O)(=O)c2ccc(F)cc2)n1)N1CCN(c2cccc(F)c2)CC1. The molecule has 5 rings (SSSR count). The molecule has 3 aromatic carbocycles. The average Bonchev–Trinajstić information content (AvgIpc) is 2.97. The molecule has 0 bridgehead atoms. The van der Waals surface area contributed by atoms with Gasteiger partial charge in [0.1, 0.15) is 23.1 Å². The van der Waals surface area contributed by atoms with Crippen LogP contribution >= 0.6 is 11.6 Å². The lowest BCUT2D eigenvalue weighted by Crippen LogP contribution is -2.49. The van der Waals surface area contributed by atoms with Gasteiger partial charge in [0.25, 0.3) is 15.9 Å². The lowest BCUT2D eigenvalue weighted by atomic mass is 10.2. The molecule has 1 fully saturated rings. The van der Waals surface area contributed by atoms with E-state index in [0.717, 1.165) is 22.1 Å². The molecule has 1 aromatic heterocycles. The van der Waals surface area contributed by atoms with Crippen LogP contribution in [-0.2, 0) is 16.6 Å². The van der Waals surface area contributed by atoms with E-state index in [0.29, 0.717) is 36.8 Å². The molecule has 4 aromatic rings. The van der Waals surface area contributed by atoms with Crippen molar-refractivity contribution in [2.45, 2.75) is 11.4 Å². The number of hydrogen-bond acceptors (Lipinski definition) is 5. The van der Waals surface area contributed by atoms with Crippen LogP contribution < -0.4 is 9.21 Å². The largest absolute Gasteiger partial charge is 0.368 e. The number of rotatable bonds is 7. The monoisotopic (exact) mass is 582 g/mol. The van der Waals surface area contributed by atoms with Crippen LogP contribution in [0.3, 0.4) is 0 Å². The highest BCUT2D eigenvalue weighted by Gasteiger charge is 2.29. The normalized spacial score (nSPS) is 13.8. The Morgan fingerprint density at radius 3 is 2.20 bits per heavy atom. The minimum Gasteiger partial charge on any atom is -0.368 e. The predicted molar refractivity (Wildman–Crippen MR) is 150 cm³/mol. The van der Waals surface area contributed by atoms with Gasteiger partial charge in [-0.15, -0.1) is 0 Å². The molecule has 0 spiro atoms. The maximum atomic E-state index is 13.7. The van der Waals surface area contributed by atoms with Gasteiger partial charge in [-0.3, -0.25) is 4.79 Å². The molecule has 0 saturated carbocycles. The maximum Gasteiger partial charge on any atom is 0.272 e. The average molecular weight is 583 g/mol. The number of carbonyl (C=O) groups excluding carboxylic acids is 1. The van der Waals surface area contributed by atoms with E-state index in [1.807, 2.05) is 11.0 Å². The zero-order valence-electron chi connectivity index (χ0n) is 21.3. The first-order valence-electron chi connectivity index (χ1n) is 12.5. The van der Waals surface area contributed by atoms with E-state index in [1.165, 1.54) is 36.4 Å². The molecule has 11 heteroatoms. The van der Waals surface area contributed by atoms with Crippen molar-refractivity contribution in [2.24, 2.45) is 0 Å². The summed E-state index contributed by atoms with van der Waals surface area (Å²) in [6.07, 6.45) is 0. The van der Waals surface area contributed by atoms with Crippen molar-refractivity contribution in [3.8, 4) is 0 Å². The number of aromatic nitrogens is 1. The molecule has 0 N–H and O–H groups in total. The zero-order chi connectivity index (χ0) is 28.3. The van der Waals surface area contributed by atoms with E-state index in [-0.39, 0.29) is 34.7 Å². The highest BCUT2D eigenvalue weighted by molar-refractivity contribution is 7.92. The number of hydrogen-bond donors (Lipinski definition) is 0. The fourth-order valence-electron chi connectivity index (χ4n) is 4.46. The van der Waals surface area contributed by atoms with Crippen molar-refractivity contribution in [2.75, 3.05) is 35.4 Å². The molecule has 7 nitrogen and oxygen atoms in total. The summed E-state index contributed by atoms with van der Waals surface area (Å²) in [6, 6.07) is 22.1. The molecule has 0 radical (unpaired) electrons. The fourth-order valence-corrected chi connectivity index (χ4v) is 5.99. The Hall–Kier alpha value is -4.02. The first-order valence-corrected chi connectivity index (χ1v) is 14.3. The summed E-state index contributed by atoms with van der Waals surface area (Å²) < 4.78 is 55.7. The number of amides is 1. The molecule has 0 unspecified atom stereocenters. The van der Waals surface area contributed by atoms with Crippen LogP contribution in [0.15, 0.2) is 95.9 Å². The van der Waals surface area contributed by atoms with Crippen molar-refractivity contribution >= 4 is 39.0 Å². The number of sulfonamides is 1. The Kier molecular flexibility index (Phi) is 7.99. The predicted octanol–water partition coefficient (Wildman–Crippen LogP) is 5.37. The highest BCUT2D eigenvalue weighted by atomic mass is 35.5. The second kappa shape index (κ2) is 11.6. The quantitative estimate of drug-likeness (QED) is 0.293. The van der Waals surface area contributed by atoms with Crippen LogP contribution in [0, 0.1) is 11.6 Å². The summed E-state index contributed by atoms with van der Waals surface area (Å²) in [6.45, 7) is 1.72. The van der Waals surface area contributed by atoms with Crippen LogP contribution in [0.4, 0.5) is 20.3 Å². The maximum absolute atomic E-state index is 13.7. The van der Waals surface area contributed by atoms with E-state index < -0.39 is 15.8 Å². The molecule has 2 heterocycles. The zero-order valence-corrected chi connectivity index (χ0v) is 22.8. The first kappa shape index (κ1) is 27.5. The third kappa shape index (κ3) is 6.08. The summed E-state index contributed by atoms with van der Waals surface area (Å²) in [5.74, 6) is -1.18. The van der Waals surface area contributed by atoms with Crippen molar-refractivity contribution in [3.05, 3.63) is 119 Å². The smallest absolute Gasteiger partial charge is 0.272 e. The summed E-state index contributed by atoms with van der Waals surface area (Å²) in [5.41, 5.74) is 1.48. The van der Waals surface area contributed by atoms with Crippen molar-refractivity contribution in [1.29, 1.82) is 0 Å². The van der Waals surface area contributed by atoms with Crippen molar-refractivity contribution in [3.63, 3.8) is 0 Å². The van der Waals surface area contributed by atoms with Gasteiger partial charge in [0.15, 0.2) is 0 Å². The Balaban J connectivity index is 1.40. The molecule has 1 amide bonds. The molecule has 1 saturated heterocycles. The van der Waals surface area contributed by atoms with Gasteiger partial charge in [0.05, 0.1) is 11.4 Å². The van der Waals surface area contributed by atoms with Gasteiger partial charge >= 0.3 is 0 Å². The minimum absolute atomic E-state index is 0.0449. The standard InChI is InChI=1S/C29H25ClF2N4O3S/c30-22-9-7-21(8-10-22)20-36(40(38,39)26-13-11-23(31)12-14-26)28-6-2-5-27(33-28)29(37)35-17-15-34(16-18-35)25-4-1-3-24(32)19-25/h1-14,19H,15-18,20H2. The van der Waals surface area contributed by atoms with E-state index in [9.17, 15) is 22.0 Å². The third-order valence-electron chi connectivity index (χ3n) is 6.59. The summed E-state index contributed by atoms with van der Waals surface area (Å²) in [5, 5.41) is 0.500. The van der Waals surface area contributed by atoms with Gasteiger partial charge in [0, 0.05) is 36.9 Å². The Bertz CT molecular complexity index is 1610. The van der Waals surface area contributed by atoms with Gasteiger partial charge in [0.2, 0.25) is 0 Å². The minimum atomic E-state index is -4.18. The molecule has 206 valence electrons. The van der Waals surface area contributed by atoms with Gasteiger partial charge < -0.3 is 9.80 Å².